The summed E-state index contributed by atoms with van der Waals surface area (Å²) in [6, 6.07) is 13.4. The van der Waals surface area contributed by atoms with Crippen molar-refractivity contribution in [2.24, 2.45) is 0 Å². The monoisotopic (exact) mass is 373 g/mol. The van der Waals surface area contributed by atoms with Crippen molar-refractivity contribution in [3.63, 3.8) is 0 Å². The molecule has 0 bridgehead atoms. The van der Waals surface area contributed by atoms with Gasteiger partial charge < -0.3 is 10.1 Å². The van der Waals surface area contributed by atoms with E-state index in [0.29, 0.717) is 16.1 Å². The second-order valence-electron chi connectivity index (χ2n) is 5.74. The van der Waals surface area contributed by atoms with Crippen LogP contribution in [0.4, 0.5) is 0 Å². The number of aryl methyl sites for hydroxylation is 1. The van der Waals surface area contributed by atoms with Gasteiger partial charge in [0.05, 0.1) is 0 Å². The molecule has 0 aliphatic rings. The van der Waals surface area contributed by atoms with Crippen LogP contribution in [0.3, 0.4) is 0 Å². The summed E-state index contributed by atoms with van der Waals surface area (Å²) < 4.78 is 5.10. The topological polar surface area (TPSA) is 72.5 Å². The first kappa shape index (κ1) is 19.7. The molecule has 0 fully saturated rings. The number of carbonyl (C=O) groups excluding carboxylic acids is 3. The van der Waals surface area contributed by atoms with Gasteiger partial charge in [-0.05, 0) is 43.2 Å². The Bertz CT molecular complexity index is 784. The van der Waals surface area contributed by atoms with Crippen molar-refractivity contribution < 1.29 is 19.1 Å². The summed E-state index contributed by atoms with van der Waals surface area (Å²) in [6.07, 6.45) is -0.0470. The molecule has 0 aromatic heterocycles. The van der Waals surface area contributed by atoms with Crippen LogP contribution < -0.4 is 5.32 Å². The lowest BCUT2D eigenvalue weighted by molar-refractivity contribution is -0.145. The van der Waals surface area contributed by atoms with Crippen LogP contribution in [-0.4, -0.2) is 30.3 Å². The van der Waals surface area contributed by atoms with Crippen molar-refractivity contribution in [2.45, 2.75) is 26.4 Å². The minimum absolute atomic E-state index is 0.287. The molecule has 0 aliphatic heterocycles. The molecule has 1 N–H and O–H groups in total. The number of carbonyl (C=O) groups is 3. The Morgan fingerprint density at radius 3 is 2.15 bits per heavy atom. The standard InChI is InChI=1S/C20H20ClNO4/c1-3-14-4-6-15(7-5-14)19(24)13(2)26-18(23)12-22-20(25)16-8-10-17(21)11-9-16/h4-11,13H,3,12H2,1-2H3,(H,22,25). The van der Waals surface area contributed by atoms with Gasteiger partial charge in [-0.3, -0.25) is 14.4 Å². The Morgan fingerprint density at radius 2 is 1.58 bits per heavy atom. The molecule has 0 heterocycles. The van der Waals surface area contributed by atoms with E-state index in [2.05, 4.69) is 5.32 Å². The average molecular weight is 374 g/mol. The van der Waals surface area contributed by atoms with Crippen molar-refractivity contribution in [2.75, 3.05) is 6.54 Å². The van der Waals surface area contributed by atoms with Crippen LogP contribution in [-0.2, 0) is 16.0 Å². The molecule has 0 radical (unpaired) electrons. The quantitative estimate of drug-likeness (QED) is 0.596. The van der Waals surface area contributed by atoms with Gasteiger partial charge >= 0.3 is 5.97 Å². The van der Waals surface area contributed by atoms with E-state index in [9.17, 15) is 14.4 Å². The number of hydrogen-bond acceptors (Lipinski definition) is 4. The van der Waals surface area contributed by atoms with Gasteiger partial charge in [0, 0.05) is 16.1 Å². The summed E-state index contributed by atoms with van der Waals surface area (Å²) in [5, 5.41) is 2.96. The third-order valence-electron chi connectivity index (χ3n) is 3.82. The third-order valence-corrected chi connectivity index (χ3v) is 4.08. The summed E-state index contributed by atoms with van der Waals surface area (Å²) in [5.74, 6) is -1.39. The molecule has 26 heavy (non-hydrogen) atoms. The number of benzene rings is 2. The number of amides is 1. The minimum Gasteiger partial charge on any atom is -0.453 e. The van der Waals surface area contributed by atoms with Crippen molar-refractivity contribution in [3.05, 3.63) is 70.2 Å². The Morgan fingerprint density at radius 1 is 1.00 bits per heavy atom. The first-order valence-corrected chi connectivity index (χ1v) is 8.65. The fourth-order valence-electron chi connectivity index (χ4n) is 2.29. The highest BCUT2D eigenvalue weighted by Crippen LogP contribution is 2.10. The molecule has 5 nitrogen and oxygen atoms in total. The van der Waals surface area contributed by atoms with E-state index in [4.69, 9.17) is 16.3 Å². The van der Waals surface area contributed by atoms with Crippen LogP contribution >= 0.6 is 11.6 Å². The number of esters is 1. The van der Waals surface area contributed by atoms with Crippen LogP contribution in [0.15, 0.2) is 48.5 Å². The van der Waals surface area contributed by atoms with E-state index in [-0.39, 0.29) is 12.3 Å². The molecule has 1 atom stereocenters. The van der Waals surface area contributed by atoms with Gasteiger partial charge in [-0.15, -0.1) is 0 Å². The maximum atomic E-state index is 12.3. The van der Waals surface area contributed by atoms with Crippen LogP contribution in [0.25, 0.3) is 0 Å². The molecule has 0 saturated heterocycles. The number of rotatable bonds is 7. The molecule has 0 spiro atoms. The van der Waals surface area contributed by atoms with Gasteiger partial charge in [-0.2, -0.15) is 0 Å². The molecule has 0 aliphatic carbocycles. The summed E-state index contributed by atoms with van der Waals surface area (Å²) in [5.41, 5.74) is 1.98. The molecule has 0 saturated carbocycles. The maximum Gasteiger partial charge on any atom is 0.326 e. The smallest absolute Gasteiger partial charge is 0.326 e. The molecule has 1 amide bonds. The number of ether oxygens (including phenoxy) is 1. The van der Waals surface area contributed by atoms with Gasteiger partial charge in [0.1, 0.15) is 6.54 Å². The van der Waals surface area contributed by atoms with Gasteiger partial charge in [0.15, 0.2) is 6.10 Å². The second kappa shape index (κ2) is 9.15. The Labute approximate surface area is 157 Å². The van der Waals surface area contributed by atoms with E-state index in [1.54, 1.807) is 36.4 Å². The Balaban J connectivity index is 1.85. The summed E-state index contributed by atoms with van der Waals surface area (Å²) in [6.45, 7) is 3.21. The van der Waals surface area contributed by atoms with E-state index in [0.717, 1.165) is 12.0 Å². The molecular formula is C20H20ClNO4. The molecule has 2 aromatic carbocycles. The Hall–Kier alpha value is -2.66. The van der Waals surface area contributed by atoms with Crippen molar-refractivity contribution in [3.8, 4) is 0 Å². The zero-order valence-corrected chi connectivity index (χ0v) is 15.4. The zero-order valence-electron chi connectivity index (χ0n) is 14.6. The fourth-order valence-corrected chi connectivity index (χ4v) is 2.41. The predicted molar refractivity (Wildman–Crippen MR) is 99.5 cm³/mol. The SMILES string of the molecule is CCc1ccc(C(=O)C(C)OC(=O)CNC(=O)c2ccc(Cl)cc2)cc1. The summed E-state index contributed by atoms with van der Waals surface area (Å²) in [4.78, 5) is 36.1. The molecule has 136 valence electrons. The van der Waals surface area contributed by atoms with E-state index >= 15 is 0 Å². The van der Waals surface area contributed by atoms with Crippen molar-refractivity contribution in [1.29, 1.82) is 0 Å². The number of Topliss-reactive ketones (excluding diaryl/α,β-unsaturated/α-hetero) is 1. The van der Waals surface area contributed by atoms with Crippen molar-refractivity contribution in [1.82, 2.24) is 5.32 Å². The highest BCUT2D eigenvalue weighted by Gasteiger charge is 2.20. The van der Waals surface area contributed by atoms with E-state index in [1.165, 1.54) is 6.92 Å². The number of halogens is 1. The van der Waals surface area contributed by atoms with Gasteiger partial charge in [-0.25, -0.2) is 0 Å². The largest absolute Gasteiger partial charge is 0.453 e. The van der Waals surface area contributed by atoms with E-state index < -0.39 is 18.0 Å². The zero-order chi connectivity index (χ0) is 19.1. The normalized spacial score (nSPS) is 11.5. The second-order valence-corrected chi connectivity index (χ2v) is 6.17. The maximum absolute atomic E-state index is 12.3. The highest BCUT2D eigenvalue weighted by atomic mass is 35.5. The summed E-state index contributed by atoms with van der Waals surface area (Å²) >= 11 is 5.76. The lowest BCUT2D eigenvalue weighted by atomic mass is 10.0. The molecule has 2 rings (SSSR count). The fraction of sp³-hybridized carbons (Fsp3) is 0.250. The molecule has 1 unspecified atom stereocenters. The van der Waals surface area contributed by atoms with Crippen LogP contribution in [0.2, 0.25) is 5.02 Å². The minimum atomic E-state index is -0.928. The predicted octanol–water partition coefficient (Wildman–Crippen LogP) is 3.45. The van der Waals surface area contributed by atoms with Gasteiger partial charge in [-0.1, -0.05) is 42.8 Å². The lowest BCUT2D eigenvalue weighted by Gasteiger charge is -2.13. The molecule has 6 heteroatoms. The molecular weight excluding hydrogens is 354 g/mol. The van der Waals surface area contributed by atoms with Gasteiger partial charge in [0.25, 0.3) is 5.91 Å². The molecule has 2 aromatic rings. The highest BCUT2D eigenvalue weighted by molar-refractivity contribution is 6.30. The lowest BCUT2D eigenvalue weighted by Crippen LogP contribution is -2.34. The van der Waals surface area contributed by atoms with Crippen LogP contribution in [0.5, 0.6) is 0 Å². The van der Waals surface area contributed by atoms with E-state index in [1.807, 2.05) is 19.1 Å². The number of ketones is 1. The average Bonchev–Trinajstić information content (AvgIpc) is 2.66. The number of hydrogen-bond donors (Lipinski definition) is 1. The summed E-state index contributed by atoms with van der Waals surface area (Å²) in [7, 11) is 0. The Kier molecular flexibility index (Phi) is 6.92. The van der Waals surface area contributed by atoms with Crippen molar-refractivity contribution >= 4 is 29.3 Å². The van der Waals surface area contributed by atoms with Crippen LogP contribution in [0, 0.1) is 0 Å². The van der Waals surface area contributed by atoms with Gasteiger partial charge in [0.2, 0.25) is 5.78 Å². The first-order valence-electron chi connectivity index (χ1n) is 8.27. The third kappa shape index (κ3) is 5.43. The van der Waals surface area contributed by atoms with Crippen LogP contribution in [0.1, 0.15) is 40.1 Å². The first-order chi connectivity index (χ1) is 12.4. The number of nitrogens with one attached hydrogen (secondary N) is 1.